The van der Waals surface area contributed by atoms with Crippen LogP contribution in [0.2, 0.25) is 0 Å². The van der Waals surface area contributed by atoms with Crippen LogP contribution in [0.25, 0.3) is 0 Å². The summed E-state index contributed by atoms with van der Waals surface area (Å²) >= 11 is 0. The number of carboxylic acids is 1. The lowest BCUT2D eigenvalue weighted by Gasteiger charge is -2.14. The maximum atomic E-state index is 12.1. The summed E-state index contributed by atoms with van der Waals surface area (Å²) in [5.74, 6) is -0.921. The largest absolute Gasteiger partial charge is 0.477 e. The van der Waals surface area contributed by atoms with Gasteiger partial charge in [0.25, 0.3) is 5.91 Å². The maximum Gasteiger partial charge on any atom is 0.354 e. The molecule has 6 heteroatoms. The zero-order valence-corrected chi connectivity index (χ0v) is 9.62. The van der Waals surface area contributed by atoms with Crippen molar-refractivity contribution in [3.8, 4) is 0 Å². The molecule has 0 fully saturated rings. The van der Waals surface area contributed by atoms with E-state index >= 15 is 0 Å². The lowest BCUT2D eigenvalue weighted by molar-refractivity contribution is 0.0690. The summed E-state index contributed by atoms with van der Waals surface area (Å²) in [6, 6.07) is 7.81. The van der Waals surface area contributed by atoms with Crippen molar-refractivity contribution >= 4 is 17.7 Å². The summed E-state index contributed by atoms with van der Waals surface area (Å²) in [4.78, 5) is 30.9. The van der Waals surface area contributed by atoms with Crippen LogP contribution in [-0.4, -0.2) is 34.0 Å². The molecule has 2 heterocycles. The van der Waals surface area contributed by atoms with Gasteiger partial charge in [-0.15, -0.1) is 0 Å². The predicted molar refractivity (Wildman–Crippen MR) is 64.7 cm³/mol. The standard InChI is InChI=1S/C12H11N3O3/c1-15(10-6-3-7-13-10)11(16)8-4-2-5-9(14-8)12(17)18/h2-7,13H,1H3,(H,17,18). The molecule has 0 spiro atoms. The minimum Gasteiger partial charge on any atom is -0.477 e. The maximum absolute atomic E-state index is 12.1. The fraction of sp³-hybridized carbons (Fsp3) is 0.0833. The molecule has 0 unspecified atom stereocenters. The van der Waals surface area contributed by atoms with E-state index in [-0.39, 0.29) is 17.3 Å². The van der Waals surface area contributed by atoms with Crippen molar-refractivity contribution in [3.05, 3.63) is 47.9 Å². The van der Waals surface area contributed by atoms with E-state index in [4.69, 9.17) is 5.11 Å². The highest BCUT2D eigenvalue weighted by molar-refractivity contribution is 6.04. The summed E-state index contributed by atoms with van der Waals surface area (Å²) in [5.41, 5.74) is -0.0623. The van der Waals surface area contributed by atoms with Crippen molar-refractivity contribution in [2.75, 3.05) is 11.9 Å². The number of aromatic carboxylic acids is 1. The van der Waals surface area contributed by atoms with E-state index in [1.165, 1.54) is 23.1 Å². The van der Waals surface area contributed by atoms with Gasteiger partial charge in [0.05, 0.1) is 0 Å². The van der Waals surface area contributed by atoms with Gasteiger partial charge in [0.1, 0.15) is 17.2 Å². The van der Waals surface area contributed by atoms with Crippen LogP contribution < -0.4 is 4.90 Å². The molecule has 0 atom stereocenters. The van der Waals surface area contributed by atoms with E-state index in [1.54, 1.807) is 25.4 Å². The summed E-state index contributed by atoms with van der Waals surface area (Å²) in [5, 5.41) is 8.82. The second-order valence-corrected chi connectivity index (χ2v) is 3.63. The highest BCUT2D eigenvalue weighted by atomic mass is 16.4. The van der Waals surface area contributed by atoms with Gasteiger partial charge < -0.3 is 10.1 Å². The van der Waals surface area contributed by atoms with E-state index < -0.39 is 5.97 Å². The molecule has 2 aromatic heterocycles. The highest BCUT2D eigenvalue weighted by Gasteiger charge is 2.16. The number of carboxylic acid groups (broad SMARTS) is 1. The average molecular weight is 245 g/mol. The van der Waals surface area contributed by atoms with Gasteiger partial charge in [0.15, 0.2) is 0 Å². The minimum absolute atomic E-state index is 0.0898. The van der Waals surface area contributed by atoms with Crippen molar-refractivity contribution in [1.29, 1.82) is 0 Å². The van der Waals surface area contributed by atoms with Gasteiger partial charge in [-0.1, -0.05) is 6.07 Å². The Morgan fingerprint density at radius 1 is 1.22 bits per heavy atom. The molecular formula is C12H11N3O3. The first kappa shape index (κ1) is 11.8. The minimum atomic E-state index is -1.16. The van der Waals surface area contributed by atoms with Crippen molar-refractivity contribution < 1.29 is 14.7 Å². The molecule has 2 aromatic rings. The Morgan fingerprint density at radius 3 is 2.56 bits per heavy atom. The molecule has 0 aliphatic rings. The summed E-state index contributed by atoms with van der Waals surface area (Å²) in [6.45, 7) is 0. The normalized spacial score (nSPS) is 10.1. The number of aromatic nitrogens is 2. The first-order chi connectivity index (χ1) is 8.59. The Labute approximate surface area is 103 Å². The number of nitrogens with one attached hydrogen (secondary N) is 1. The number of H-pyrrole nitrogens is 1. The first-order valence-electron chi connectivity index (χ1n) is 5.21. The average Bonchev–Trinajstić information content (AvgIpc) is 2.91. The molecular weight excluding hydrogens is 234 g/mol. The third-order valence-electron chi connectivity index (χ3n) is 2.43. The van der Waals surface area contributed by atoms with Gasteiger partial charge >= 0.3 is 5.97 Å². The van der Waals surface area contributed by atoms with Crippen molar-refractivity contribution in [2.24, 2.45) is 0 Å². The number of hydrogen-bond donors (Lipinski definition) is 2. The van der Waals surface area contributed by atoms with Crippen molar-refractivity contribution in [3.63, 3.8) is 0 Å². The molecule has 0 aromatic carbocycles. The third-order valence-corrected chi connectivity index (χ3v) is 2.43. The number of carbonyl (C=O) groups excluding carboxylic acids is 1. The van der Waals surface area contributed by atoms with Gasteiger partial charge in [-0.25, -0.2) is 9.78 Å². The quantitative estimate of drug-likeness (QED) is 0.855. The smallest absolute Gasteiger partial charge is 0.354 e. The number of anilines is 1. The molecule has 18 heavy (non-hydrogen) atoms. The van der Waals surface area contributed by atoms with Crippen LogP contribution in [0.15, 0.2) is 36.5 Å². The first-order valence-corrected chi connectivity index (χ1v) is 5.21. The molecule has 92 valence electrons. The molecule has 0 radical (unpaired) electrons. The van der Waals surface area contributed by atoms with Crippen LogP contribution >= 0.6 is 0 Å². The SMILES string of the molecule is CN(C(=O)c1cccc(C(=O)O)n1)c1ccc[nH]1. The Balaban J connectivity index is 2.29. The molecule has 2 rings (SSSR count). The van der Waals surface area contributed by atoms with Gasteiger partial charge in [0, 0.05) is 13.2 Å². The number of aromatic amines is 1. The molecule has 6 nitrogen and oxygen atoms in total. The van der Waals surface area contributed by atoms with Gasteiger partial charge in [-0.3, -0.25) is 9.69 Å². The molecule has 0 saturated carbocycles. The van der Waals surface area contributed by atoms with E-state index in [9.17, 15) is 9.59 Å². The topological polar surface area (TPSA) is 86.3 Å². The van der Waals surface area contributed by atoms with E-state index in [1.807, 2.05) is 0 Å². The second-order valence-electron chi connectivity index (χ2n) is 3.63. The Morgan fingerprint density at radius 2 is 1.94 bits per heavy atom. The summed E-state index contributed by atoms with van der Waals surface area (Å²) in [6.07, 6.45) is 1.69. The van der Waals surface area contributed by atoms with Crippen molar-refractivity contribution in [2.45, 2.75) is 0 Å². The van der Waals surface area contributed by atoms with Gasteiger partial charge in [-0.2, -0.15) is 0 Å². The molecule has 0 aliphatic carbocycles. The van der Waals surface area contributed by atoms with E-state index in [0.717, 1.165) is 0 Å². The molecule has 0 saturated heterocycles. The molecule has 1 amide bonds. The summed E-state index contributed by atoms with van der Waals surface area (Å²) in [7, 11) is 1.59. The number of nitrogens with zero attached hydrogens (tertiary/aromatic N) is 2. The monoisotopic (exact) mass is 245 g/mol. The van der Waals surface area contributed by atoms with Gasteiger partial charge in [-0.05, 0) is 24.3 Å². The van der Waals surface area contributed by atoms with Crippen LogP contribution in [-0.2, 0) is 0 Å². The van der Waals surface area contributed by atoms with E-state index in [0.29, 0.717) is 5.82 Å². The lowest BCUT2D eigenvalue weighted by Crippen LogP contribution is -2.27. The van der Waals surface area contributed by atoms with E-state index in [2.05, 4.69) is 9.97 Å². The number of amides is 1. The van der Waals surface area contributed by atoms with Gasteiger partial charge in [0.2, 0.25) is 0 Å². The van der Waals surface area contributed by atoms with Crippen LogP contribution in [0.1, 0.15) is 21.0 Å². The zero-order chi connectivity index (χ0) is 13.1. The fourth-order valence-corrected chi connectivity index (χ4v) is 1.48. The summed E-state index contributed by atoms with van der Waals surface area (Å²) < 4.78 is 0. The highest BCUT2D eigenvalue weighted by Crippen LogP contribution is 2.11. The number of carbonyl (C=O) groups is 2. The van der Waals surface area contributed by atoms with Crippen LogP contribution in [0.3, 0.4) is 0 Å². The van der Waals surface area contributed by atoms with Crippen LogP contribution in [0.5, 0.6) is 0 Å². The molecule has 2 N–H and O–H groups in total. The lowest BCUT2D eigenvalue weighted by atomic mass is 10.2. The molecule has 0 bridgehead atoms. The Hall–Kier alpha value is -2.63. The number of rotatable bonds is 3. The molecule has 0 aliphatic heterocycles. The third kappa shape index (κ3) is 2.22. The zero-order valence-electron chi connectivity index (χ0n) is 9.62. The van der Waals surface area contributed by atoms with Crippen molar-refractivity contribution in [1.82, 2.24) is 9.97 Å². The Kier molecular flexibility index (Phi) is 3.09. The van der Waals surface area contributed by atoms with Crippen LogP contribution in [0.4, 0.5) is 5.82 Å². The second kappa shape index (κ2) is 4.70. The van der Waals surface area contributed by atoms with Crippen LogP contribution in [0, 0.1) is 0 Å². The Bertz CT molecular complexity index is 578. The number of pyridine rings is 1. The predicted octanol–water partition coefficient (Wildman–Crippen LogP) is 1.38. The number of hydrogen-bond acceptors (Lipinski definition) is 3. The fourth-order valence-electron chi connectivity index (χ4n) is 1.48.